The van der Waals surface area contributed by atoms with E-state index in [0.717, 1.165) is 17.0 Å². The van der Waals surface area contributed by atoms with Gasteiger partial charge in [-0.2, -0.15) is 5.10 Å². The standard InChI is InChI=1S/C15H18ClFN2O/c1-9-14(10(2)19(3)18-9)8-13(20)6-11-4-5-12(16)7-15(11)17/h4-5,7,13,20H,6,8H2,1-3H3. The molecule has 0 aliphatic rings. The summed E-state index contributed by atoms with van der Waals surface area (Å²) in [5, 5.41) is 14.8. The van der Waals surface area contributed by atoms with Gasteiger partial charge in [-0.05, 0) is 37.1 Å². The van der Waals surface area contributed by atoms with Gasteiger partial charge in [-0.1, -0.05) is 17.7 Å². The molecule has 108 valence electrons. The maximum atomic E-state index is 13.7. The number of halogens is 2. The van der Waals surface area contributed by atoms with E-state index in [4.69, 9.17) is 11.6 Å². The molecular weight excluding hydrogens is 279 g/mol. The molecule has 0 saturated heterocycles. The highest BCUT2D eigenvalue weighted by atomic mass is 35.5. The number of aromatic nitrogens is 2. The average molecular weight is 297 g/mol. The van der Waals surface area contributed by atoms with Crippen LogP contribution in [0.4, 0.5) is 4.39 Å². The Hall–Kier alpha value is -1.39. The third-order valence-electron chi connectivity index (χ3n) is 3.57. The molecule has 0 saturated carbocycles. The van der Waals surface area contributed by atoms with Crippen LogP contribution in [0.1, 0.15) is 22.5 Å². The van der Waals surface area contributed by atoms with Crippen LogP contribution in [0, 0.1) is 19.7 Å². The first-order valence-electron chi connectivity index (χ1n) is 6.49. The van der Waals surface area contributed by atoms with Crippen molar-refractivity contribution in [1.82, 2.24) is 9.78 Å². The van der Waals surface area contributed by atoms with E-state index in [1.165, 1.54) is 6.07 Å². The smallest absolute Gasteiger partial charge is 0.127 e. The van der Waals surface area contributed by atoms with Gasteiger partial charge in [0.2, 0.25) is 0 Å². The van der Waals surface area contributed by atoms with Gasteiger partial charge >= 0.3 is 0 Å². The van der Waals surface area contributed by atoms with Gasteiger partial charge in [0.15, 0.2) is 0 Å². The molecule has 1 aromatic carbocycles. The van der Waals surface area contributed by atoms with Crippen molar-refractivity contribution in [2.24, 2.45) is 7.05 Å². The SMILES string of the molecule is Cc1nn(C)c(C)c1CC(O)Cc1ccc(Cl)cc1F. The topological polar surface area (TPSA) is 38.0 Å². The maximum Gasteiger partial charge on any atom is 0.127 e. The molecule has 2 aromatic rings. The highest BCUT2D eigenvalue weighted by Gasteiger charge is 2.16. The Bertz CT molecular complexity index is 625. The van der Waals surface area contributed by atoms with Gasteiger partial charge in [-0.15, -0.1) is 0 Å². The zero-order chi connectivity index (χ0) is 14.9. The zero-order valence-electron chi connectivity index (χ0n) is 11.8. The van der Waals surface area contributed by atoms with Crippen molar-refractivity contribution in [3.05, 3.63) is 51.6 Å². The summed E-state index contributed by atoms with van der Waals surface area (Å²) < 4.78 is 15.5. The molecule has 0 aliphatic carbocycles. The fraction of sp³-hybridized carbons (Fsp3) is 0.400. The van der Waals surface area contributed by atoms with Gasteiger partial charge in [0.1, 0.15) is 5.82 Å². The number of aliphatic hydroxyl groups is 1. The van der Waals surface area contributed by atoms with Crippen LogP contribution in [0.2, 0.25) is 5.02 Å². The first-order valence-corrected chi connectivity index (χ1v) is 6.87. The zero-order valence-corrected chi connectivity index (χ0v) is 12.6. The van der Waals surface area contributed by atoms with E-state index in [1.807, 2.05) is 20.9 Å². The van der Waals surface area contributed by atoms with Gasteiger partial charge in [0.05, 0.1) is 11.8 Å². The van der Waals surface area contributed by atoms with Crippen LogP contribution in [0.3, 0.4) is 0 Å². The quantitative estimate of drug-likeness (QED) is 0.942. The molecule has 1 heterocycles. The third-order valence-corrected chi connectivity index (χ3v) is 3.80. The Kier molecular flexibility index (Phi) is 4.45. The van der Waals surface area contributed by atoms with E-state index in [2.05, 4.69) is 5.10 Å². The lowest BCUT2D eigenvalue weighted by Crippen LogP contribution is -2.16. The molecule has 0 amide bonds. The van der Waals surface area contributed by atoms with Gasteiger partial charge in [-0.25, -0.2) is 4.39 Å². The van der Waals surface area contributed by atoms with Crippen molar-refractivity contribution >= 4 is 11.6 Å². The van der Waals surface area contributed by atoms with Gasteiger partial charge in [-0.3, -0.25) is 4.68 Å². The fourth-order valence-corrected chi connectivity index (χ4v) is 2.52. The number of rotatable bonds is 4. The fourth-order valence-electron chi connectivity index (χ4n) is 2.36. The number of aryl methyl sites for hydroxylation is 2. The highest BCUT2D eigenvalue weighted by Crippen LogP contribution is 2.19. The van der Waals surface area contributed by atoms with Crippen molar-refractivity contribution in [3.63, 3.8) is 0 Å². The molecule has 0 spiro atoms. The van der Waals surface area contributed by atoms with Crippen LogP contribution in [0.5, 0.6) is 0 Å². The van der Waals surface area contributed by atoms with Crippen molar-refractivity contribution in [2.75, 3.05) is 0 Å². The second kappa shape index (κ2) is 5.94. The summed E-state index contributed by atoms with van der Waals surface area (Å²) in [5.74, 6) is -0.379. The maximum absolute atomic E-state index is 13.7. The first kappa shape index (κ1) is 15.0. The van der Waals surface area contributed by atoms with E-state index in [0.29, 0.717) is 17.0 Å². The Labute approximate surface area is 123 Å². The Morgan fingerprint density at radius 2 is 2.05 bits per heavy atom. The largest absolute Gasteiger partial charge is 0.392 e. The number of aliphatic hydroxyl groups excluding tert-OH is 1. The molecular formula is C15H18ClFN2O. The minimum absolute atomic E-state index is 0.261. The van der Waals surface area contributed by atoms with Crippen LogP contribution in [0.25, 0.3) is 0 Å². The summed E-state index contributed by atoms with van der Waals surface area (Å²) in [5.41, 5.74) is 3.43. The van der Waals surface area contributed by atoms with Crippen molar-refractivity contribution < 1.29 is 9.50 Å². The first-order chi connectivity index (χ1) is 9.38. The molecule has 0 fully saturated rings. The van der Waals surface area contributed by atoms with E-state index in [-0.39, 0.29) is 12.2 Å². The molecule has 3 nitrogen and oxygen atoms in total. The highest BCUT2D eigenvalue weighted by molar-refractivity contribution is 6.30. The molecule has 0 aliphatic heterocycles. The van der Waals surface area contributed by atoms with Crippen LogP contribution in [-0.2, 0) is 19.9 Å². The van der Waals surface area contributed by atoms with E-state index in [1.54, 1.807) is 16.8 Å². The number of nitrogens with zero attached hydrogens (tertiary/aromatic N) is 2. The van der Waals surface area contributed by atoms with Gasteiger partial charge in [0, 0.05) is 30.6 Å². The number of hydrogen-bond acceptors (Lipinski definition) is 2. The summed E-state index contributed by atoms with van der Waals surface area (Å²) in [6.45, 7) is 3.88. The van der Waals surface area contributed by atoms with Crippen molar-refractivity contribution in [3.8, 4) is 0 Å². The molecule has 1 aromatic heterocycles. The van der Waals surface area contributed by atoms with E-state index < -0.39 is 6.10 Å². The molecule has 0 bridgehead atoms. The molecule has 1 N–H and O–H groups in total. The van der Waals surface area contributed by atoms with Crippen molar-refractivity contribution in [2.45, 2.75) is 32.8 Å². The molecule has 1 atom stereocenters. The van der Waals surface area contributed by atoms with Crippen LogP contribution >= 0.6 is 11.6 Å². The molecule has 0 radical (unpaired) electrons. The monoisotopic (exact) mass is 296 g/mol. The summed E-state index contributed by atoms with van der Waals surface area (Å²) in [4.78, 5) is 0. The Balaban J connectivity index is 2.11. The summed E-state index contributed by atoms with van der Waals surface area (Å²) in [7, 11) is 1.87. The summed E-state index contributed by atoms with van der Waals surface area (Å²) >= 11 is 5.71. The summed E-state index contributed by atoms with van der Waals surface area (Å²) in [6, 6.07) is 4.52. The van der Waals surface area contributed by atoms with Crippen LogP contribution in [-0.4, -0.2) is 21.0 Å². The van der Waals surface area contributed by atoms with E-state index >= 15 is 0 Å². The molecule has 5 heteroatoms. The average Bonchev–Trinajstić information content (AvgIpc) is 2.60. The lowest BCUT2D eigenvalue weighted by Gasteiger charge is -2.12. The Morgan fingerprint density at radius 1 is 1.35 bits per heavy atom. The minimum atomic E-state index is -0.646. The van der Waals surface area contributed by atoms with Crippen LogP contribution in [0.15, 0.2) is 18.2 Å². The summed E-state index contributed by atoms with van der Waals surface area (Å²) in [6.07, 6.45) is 0.0805. The van der Waals surface area contributed by atoms with E-state index in [9.17, 15) is 9.50 Å². The normalized spacial score (nSPS) is 12.7. The predicted octanol–water partition coefficient (Wildman–Crippen LogP) is 2.98. The van der Waals surface area contributed by atoms with Crippen LogP contribution < -0.4 is 0 Å². The lowest BCUT2D eigenvalue weighted by atomic mass is 10.00. The Morgan fingerprint density at radius 3 is 2.60 bits per heavy atom. The van der Waals surface area contributed by atoms with Gasteiger partial charge in [0.25, 0.3) is 0 Å². The molecule has 20 heavy (non-hydrogen) atoms. The predicted molar refractivity (Wildman–Crippen MR) is 77.5 cm³/mol. The molecule has 2 rings (SSSR count). The second-order valence-corrected chi connectivity index (χ2v) is 5.51. The third kappa shape index (κ3) is 3.19. The second-order valence-electron chi connectivity index (χ2n) is 5.07. The number of benzene rings is 1. The molecule has 1 unspecified atom stereocenters. The minimum Gasteiger partial charge on any atom is -0.392 e. The van der Waals surface area contributed by atoms with Crippen molar-refractivity contribution in [1.29, 1.82) is 0 Å². The number of hydrogen-bond donors (Lipinski definition) is 1. The van der Waals surface area contributed by atoms with Gasteiger partial charge < -0.3 is 5.11 Å². The lowest BCUT2D eigenvalue weighted by molar-refractivity contribution is 0.173.